The molecule has 1 aromatic rings. The molecule has 6 heteroatoms. The molecule has 0 spiro atoms. The highest BCUT2D eigenvalue weighted by Crippen LogP contribution is 2.16. The molecule has 0 radical (unpaired) electrons. The molecule has 1 unspecified atom stereocenters. The van der Waals surface area contributed by atoms with Gasteiger partial charge in [0.05, 0.1) is 18.1 Å². The number of carbonyl (C=O) groups is 2. The number of nitrogens with two attached hydrogens (primary N) is 1. The molecular weight excluding hydrogens is 214 g/mol. The summed E-state index contributed by atoms with van der Waals surface area (Å²) in [5, 5.41) is 0. The Bertz CT molecular complexity index is 377. The van der Waals surface area contributed by atoms with Crippen LogP contribution in [0.5, 0.6) is 0 Å². The molecule has 2 amide bonds. The predicted molar refractivity (Wildman–Crippen MR) is 54.9 cm³/mol. The number of nitrogens with zero attached hydrogens (tertiary/aromatic N) is 2. The first kappa shape index (κ1) is 10.3. The summed E-state index contributed by atoms with van der Waals surface area (Å²) in [7, 11) is 0. The summed E-state index contributed by atoms with van der Waals surface area (Å²) in [4.78, 5) is 29.1. The molecule has 1 aliphatic rings. The first-order valence-corrected chi connectivity index (χ1v) is 5.53. The number of rotatable bonds is 2. The minimum absolute atomic E-state index is 0.143. The van der Waals surface area contributed by atoms with Crippen LogP contribution in [0.1, 0.15) is 17.7 Å². The summed E-state index contributed by atoms with van der Waals surface area (Å²) < 4.78 is 0. The van der Waals surface area contributed by atoms with Crippen molar-refractivity contribution in [1.82, 2.24) is 9.88 Å². The lowest BCUT2D eigenvalue weighted by Crippen LogP contribution is -2.50. The monoisotopic (exact) mass is 225 g/mol. The summed E-state index contributed by atoms with van der Waals surface area (Å²) in [6.45, 7) is 0.302. The van der Waals surface area contributed by atoms with Crippen LogP contribution in [0.25, 0.3) is 0 Å². The molecule has 5 nitrogen and oxygen atoms in total. The number of piperidine rings is 1. The van der Waals surface area contributed by atoms with Crippen LogP contribution in [-0.2, 0) is 16.1 Å². The molecule has 1 atom stereocenters. The van der Waals surface area contributed by atoms with Gasteiger partial charge >= 0.3 is 0 Å². The lowest BCUT2D eigenvalue weighted by atomic mass is 10.1. The van der Waals surface area contributed by atoms with Crippen molar-refractivity contribution in [2.24, 2.45) is 5.73 Å². The second-order valence-corrected chi connectivity index (χ2v) is 4.40. The number of likely N-dealkylation sites (tertiary alicyclic amines) is 1. The number of aromatic nitrogens is 1. The Morgan fingerprint density at radius 1 is 1.60 bits per heavy atom. The average molecular weight is 225 g/mol. The molecule has 0 aromatic carbocycles. The zero-order valence-corrected chi connectivity index (χ0v) is 8.87. The molecule has 80 valence electrons. The minimum Gasteiger partial charge on any atom is -0.320 e. The van der Waals surface area contributed by atoms with E-state index >= 15 is 0 Å². The SMILES string of the molecule is NC1CCC(=O)N(Cc2cncs2)C1=O. The number of imide groups is 1. The van der Waals surface area contributed by atoms with E-state index in [9.17, 15) is 9.59 Å². The van der Waals surface area contributed by atoms with Crippen molar-refractivity contribution in [3.63, 3.8) is 0 Å². The lowest BCUT2D eigenvalue weighted by Gasteiger charge is -2.28. The van der Waals surface area contributed by atoms with Gasteiger partial charge in [0.2, 0.25) is 11.8 Å². The zero-order chi connectivity index (χ0) is 10.8. The van der Waals surface area contributed by atoms with Gasteiger partial charge in [0.15, 0.2) is 0 Å². The third kappa shape index (κ3) is 2.05. The van der Waals surface area contributed by atoms with E-state index in [0.717, 1.165) is 4.88 Å². The zero-order valence-electron chi connectivity index (χ0n) is 8.05. The Labute approximate surface area is 90.9 Å². The first-order chi connectivity index (χ1) is 7.18. The molecule has 2 rings (SSSR count). The molecule has 1 aromatic heterocycles. The first-order valence-electron chi connectivity index (χ1n) is 4.65. The van der Waals surface area contributed by atoms with Crippen LogP contribution < -0.4 is 5.73 Å². The molecule has 15 heavy (non-hydrogen) atoms. The van der Waals surface area contributed by atoms with Gasteiger partial charge in [-0.3, -0.25) is 19.5 Å². The third-order valence-corrected chi connectivity index (χ3v) is 3.12. The number of thiazole rings is 1. The second kappa shape index (κ2) is 4.08. The second-order valence-electron chi connectivity index (χ2n) is 3.43. The molecular formula is C9H11N3O2S. The third-order valence-electron chi connectivity index (χ3n) is 2.35. The van der Waals surface area contributed by atoms with Crippen LogP contribution in [0, 0.1) is 0 Å². The van der Waals surface area contributed by atoms with Gasteiger partial charge in [-0.1, -0.05) is 0 Å². The average Bonchev–Trinajstić information content (AvgIpc) is 2.71. The Morgan fingerprint density at radius 2 is 2.40 bits per heavy atom. The molecule has 0 aliphatic carbocycles. The van der Waals surface area contributed by atoms with E-state index in [-0.39, 0.29) is 11.8 Å². The van der Waals surface area contributed by atoms with E-state index in [1.165, 1.54) is 16.2 Å². The highest BCUT2D eigenvalue weighted by molar-refractivity contribution is 7.09. The minimum atomic E-state index is -0.532. The fourth-order valence-corrected chi connectivity index (χ4v) is 2.09. The maximum atomic E-state index is 11.6. The predicted octanol–water partition coefficient (Wildman–Crippen LogP) is 0.119. The Kier molecular flexibility index (Phi) is 2.79. The molecule has 1 aliphatic heterocycles. The topological polar surface area (TPSA) is 76.3 Å². The fraction of sp³-hybridized carbons (Fsp3) is 0.444. The smallest absolute Gasteiger partial charge is 0.246 e. The Balaban J connectivity index is 2.12. The van der Waals surface area contributed by atoms with Gasteiger partial charge in [-0.05, 0) is 6.42 Å². The number of carbonyl (C=O) groups excluding carboxylic acids is 2. The van der Waals surface area contributed by atoms with Crippen LogP contribution in [0.15, 0.2) is 11.7 Å². The van der Waals surface area contributed by atoms with Crippen LogP contribution >= 0.6 is 11.3 Å². The van der Waals surface area contributed by atoms with Gasteiger partial charge < -0.3 is 5.73 Å². The fourth-order valence-electron chi connectivity index (χ4n) is 1.50. The summed E-state index contributed by atoms with van der Waals surface area (Å²) >= 11 is 1.42. The normalized spacial score (nSPS) is 22.2. The molecule has 0 bridgehead atoms. The van der Waals surface area contributed by atoms with E-state index in [4.69, 9.17) is 5.73 Å². The van der Waals surface area contributed by atoms with E-state index in [2.05, 4.69) is 4.98 Å². The highest BCUT2D eigenvalue weighted by atomic mass is 32.1. The van der Waals surface area contributed by atoms with Gasteiger partial charge in [-0.2, -0.15) is 0 Å². The van der Waals surface area contributed by atoms with E-state index in [1.807, 2.05) is 0 Å². The quantitative estimate of drug-likeness (QED) is 0.725. The van der Waals surface area contributed by atoms with Crippen molar-refractivity contribution in [2.45, 2.75) is 25.4 Å². The van der Waals surface area contributed by atoms with Gasteiger partial charge in [-0.15, -0.1) is 11.3 Å². The van der Waals surface area contributed by atoms with Crippen molar-refractivity contribution < 1.29 is 9.59 Å². The van der Waals surface area contributed by atoms with Gasteiger partial charge in [0.1, 0.15) is 0 Å². The molecule has 2 N–H and O–H groups in total. The highest BCUT2D eigenvalue weighted by Gasteiger charge is 2.31. The molecule has 0 saturated carbocycles. The van der Waals surface area contributed by atoms with Crippen molar-refractivity contribution >= 4 is 23.2 Å². The van der Waals surface area contributed by atoms with Crippen LogP contribution in [-0.4, -0.2) is 27.7 Å². The Hall–Kier alpha value is -1.27. The van der Waals surface area contributed by atoms with E-state index in [1.54, 1.807) is 11.7 Å². The van der Waals surface area contributed by atoms with Crippen LogP contribution in [0.4, 0.5) is 0 Å². The lowest BCUT2D eigenvalue weighted by molar-refractivity contribution is -0.149. The van der Waals surface area contributed by atoms with E-state index < -0.39 is 6.04 Å². The van der Waals surface area contributed by atoms with Crippen LogP contribution in [0.3, 0.4) is 0 Å². The number of amides is 2. The summed E-state index contributed by atoms with van der Waals surface area (Å²) in [5.41, 5.74) is 7.28. The number of hydrogen-bond acceptors (Lipinski definition) is 5. The van der Waals surface area contributed by atoms with Crippen molar-refractivity contribution in [2.75, 3.05) is 0 Å². The van der Waals surface area contributed by atoms with Gasteiger partial charge in [0.25, 0.3) is 0 Å². The number of hydrogen-bond donors (Lipinski definition) is 1. The largest absolute Gasteiger partial charge is 0.320 e. The molecule has 2 heterocycles. The van der Waals surface area contributed by atoms with Crippen LogP contribution in [0.2, 0.25) is 0 Å². The van der Waals surface area contributed by atoms with Gasteiger partial charge in [0, 0.05) is 17.5 Å². The van der Waals surface area contributed by atoms with Crippen molar-refractivity contribution in [3.8, 4) is 0 Å². The van der Waals surface area contributed by atoms with Crippen molar-refractivity contribution in [1.29, 1.82) is 0 Å². The standard InChI is InChI=1S/C9H11N3O2S/c10-7-1-2-8(13)12(9(7)14)4-6-3-11-5-15-6/h3,5,7H,1-2,4,10H2. The summed E-state index contributed by atoms with van der Waals surface area (Å²) in [6, 6.07) is -0.532. The summed E-state index contributed by atoms with van der Waals surface area (Å²) in [6.07, 6.45) is 2.47. The van der Waals surface area contributed by atoms with Crippen molar-refractivity contribution in [3.05, 3.63) is 16.6 Å². The van der Waals surface area contributed by atoms with E-state index in [0.29, 0.717) is 19.4 Å². The maximum Gasteiger partial charge on any atom is 0.246 e. The van der Waals surface area contributed by atoms with Gasteiger partial charge in [-0.25, -0.2) is 0 Å². The Morgan fingerprint density at radius 3 is 3.07 bits per heavy atom. The summed E-state index contributed by atoms with van der Waals surface area (Å²) in [5.74, 6) is -0.422. The maximum absolute atomic E-state index is 11.6. The molecule has 1 fully saturated rings. The molecule has 1 saturated heterocycles.